The van der Waals surface area contributed by atoms with Gasteiger partial charge in [0.05, 0.1) is 6.04 Å². The number of thioether (sulfide) groups is 1. The molecule has 1 atom stereocenters. The van der Waals surface area contributed by atoms with Crippen LogP contribution in [0.4, 0.5) is 5.82 Å². The summed E-state index contributed by atoms with van der Waals surface area (Å²) in [4.78, 5) is 5.30. The third kappa shape index (κ3) is 2.64. The SMILES string of the molecule is CSc1ccc(C(NN)c2cccnc2N)cc1. The van der Waals surface area contributed by atoms with Gasteiger partial charge in [-0.25, -0.2) is 10.4 Å². The predicted molar refractivity (Wildman–Crippen MR) is 76.0 cm³/mol. The van der Waals surface area contributed by atoms with Crippen molar-refractivity contribution < 1.29 is 0 Å². The zero-order valence-corrected chi connectivity index (χ0v) is 10.9. The quantitative estimate of drug-likeness (QED) is 0.445. The summed E-state index contributed by atoms with van der Waals surface area (Å²) in [5.74, 6) is 6.13. The van der Waals surface area contributed by atoms with Crippen LogP contribution in [0.5, 0.6) is 0 Å². The topological polar surface area (TPSA) is 77.0 Å². The fourth-order valence-corrected chi connectivity index (χ4v) is 2.24. The second kappa shape index (κ2) is 5.86. The van der Waals surface area contributed by atoms with E-state index in [1.54, 1.807) is 18.0 Å². The maximum Gasteiger partial charge on any atom is 0.128 e. The molecule has 2 aromatic rings. The molecule has 0 spiro atoms. The van der Waals surface area contributed by atoms with Gasteiger partial charge in [0.2, 0.25) is 0 Å². The largest absolute Gasteiger partial charge is 0.383 e. The van der Waals surface area contributed by atoms with Crippen LogP contribution in [0.15, 0.2) is 47.5 Å². The van der Waals surface area contributed by atoms with Gasteiger partial charge in [-0.1, -0.05) is 18.2 Å². The van der Waals surface area contributed by atoms with E-state index in [2.05, 4.69) is 22.5 Å². The number of pyridine rings is 1. The first-order valence-electron chi connectivity index (χ1n) is 5.56. The Morgan fingerprint density at radius 1 is 1.22 bits per heavy atom. The van der Waals surface area contributed by atoms with Gasteiger partial charge in [0, 0.05) is 16.7 Å². The molecule has 0 radical (unpaired) electrons. The highest BCUT2D eigenvalue weighted by Gasteiger charge is 2.15. The van der Waals surface area contributed by atoms with Gasteiger partial charge in [-0.3, -0.25) is 5.84 Å². The number of benzene rings is 1. The maximum absolute atomic E-state index is 5.88. The highest BCUT2D eigenvalue weighted by atomic mass is 32.2. The van der Waals surface area contributed by atoms with Crippen LogP contribution in [0.25, 0.3) is 0 Å². The molecule has 1 unspecified atom stereocenters. The summed E-state index contributed by atoms with van der Waals surface area (Å²) in [5.41, 5.74) is 10.6. The minimum Gasteiger partial charge on any atom is -0.383 e. The fourth-order valence-electron chi connectivity index (χ4n) is 1.84. The van der Waals surface area contributed by atoms with E-state index < -0.39 is 0 Å². The van der Waals surface area contributed by atoms with Crippen molar-refractivity contribution >= 4 is 17.6 Å². The van der Waals surface area contributed by atoms with Crippen molar-refractivity contribution in [3.63, 3.8) is 0 Å². The maximum atomic E-state index is 5.88. The summed E-state index contributed by atoms with van der Waals surface area (Å²) in [6.45, 7) is 0. The average molecular weight is 260 g/mol. The van der Waals surface area contributed by atoms with E-state index in [0.717, 1.165) is 11.1 Å². The number of anilines is 1. The van der Waals surface area contributed by atoms with E-state index in [0.29, 0.717) is 5.82 Å². The molecule has 0 amide bonds. The van der Waals surface area contributed by atoms with Gasteiger partial charge < -0.3 is 5.73 Å². The molecule has 0 fully saturated rings. The molecule has 1 heterocycles. The Morgan fingerprint density at radius 3 is 2.50 bits per heavy atom. The number of hydrazine groups is 1. The number of nitrogen functional groups attached to an aromatic ring is 1. The van der Waals surface area contributed by atoms with Gasteiger partial charge in [0.25, 0.3) is 0 Å². The van der Waals surface area contributed by atoms with Gasteiger partial charge in [0.1, 0.15) is 5.82 Å². The summed E-state index contributed by atoms with van der Waals surface area (Å²) < 4.78 is 0. The number of nitrogens with one attached hydrogen (secondary N) is 1. The average Bonchev–Trinajstić information content (AvgIpc) is 2.42. The van der Waals surface area contributed by atoms with E-state index >= 15 is 0 Å². The molecule has 0 saturated heterocycles. The second-order valence-electron chi connectivity index (χ2n) is 3.85. The van der Waals surface area contributed by atoms with Gasteiger partial charge in [-0.2, -0.15) is 0 Å². The van der Waals surface area contributed by atoms with Crippen molar-refractivity contribution in [2.75, 3.05) is 12.0 Å². The van der Waals surface area contributed by atoms with E-state index in [-0.39, 0.29) is 6.04 Å². The molecule has 0 bridgehead atoms. The van der Waals surface area contributed by atoms with Crippen molar-refractivity contribution in [3.05, 3.63) is 53.7 Å². The van der Waals surface area contributed by atoms with Crippen molar-refractivity contribution in [2.24, 2.45) is 5.84 Å². The molecule has 2 rings (SSSR count). The van der Waals surface area contributed by atoms with Crippen LogP contribution >= 0.6 is 11.8 Å². The first-order chi connectivity index (χ1) is 8.76. The molecule has 1 aromatic heterocycles. The first kappa shape index (κ1) is 12.9. The van der Waals surface area contributed by atoms with Gasteiger partial charge in [-0.05, 0) is 30.0 Å². The van der Waals surface area contributed by atoms with Crippen LogP contribution in [0.1, 0.15) is 17.2 Å². The lowest BCUT2D eigenvalue weighted by molar-refractivity contribution is 0.636. The zero-order valence-electron chi connectivity index (χ0n) is 10.1. The molecule has 5 heteroatoms. The second-order valence-corrected chi connectivity index (χ2v) is 4.73. The van der Waals surface area contributed by atoms with Crippen LogP contribution in [0, 0.1) is 0 Å². The van der Waals surface area contributed by atoms with E-state index in [9.17, 15) is 0 Å². The Kier molecular flexibility index (Phi) is 4.19. The molecule has 5 N–H and O–H groups in total. The number of aromatic nitrogens is 1. The molecule has 1 aromatic carbocycles. The number of nitrogens with two attached hydrogens (primary N) is 2. The van der Waals surface area contributed by atoms with Crippen molar-refractivity contribution in [1.29, 1.82) is 0 Å². The first-order valence-corrected chi connectivity index (χ1v) is 6.79. The highest BCUT2D eigenvalue weighted by Crippen LogP contribution is 2.26. The monoisotopic (exact) mass is 260 g/mol. The van der Waals surface area contributed by atoms with E-state index in [1.165, 1.54) is 4.90 Å². The normalized spacial score (nSPS) is 12.3. The van der Waals surface area contributed by atoms with Crippen molar-refractivity contribution in [2.45, 2.75) is 10.9 Å². The Bertz CT molecular complexity index is 513. The van der Waals surface area contributed by atoms with Crippen LogP contribution < -0.4 is 17.0 Å². The number of hydrogen-bond donors (Lipinski definition) is 3. The number of nitrogens with zero attached hydrogens (tertiary/aromatic N) is 1. The molecule has 0 aliphatic carbocycles. The lowest BCUT2D eigenvalue weighted by atomic mass is 10.00. The van der Waals surface area contributed by atoms with Crippen molar-refractivity contribution in [1.82, 2.24) is 10.4 Å². The molecule has 4 nitrogen and oxygen atoms in total. The highest BCUT2D eigenvalue weighted by molar-refractivity contribution is 7.98. The Hall–Kier alpha value is -1.56. The van der Waals surface area contributed by atoms with Gasteiger partial charge >= 0.3 is 0 Å². The summed E-state index contributed by atoms with van der Waals surface area (Å²) in [6, 6.07) is 11.9. The standard InChI is InChI=1S/C13H16N4S/c1-18-10-6-4-9(5-7-10)12(17-15)11-3-2-8-16-13(11)14/h2-8,12,17H,15H2,1H3,(H2,14,16). The zero-order chi connectivity index (χ0) is 13.0. The van der Waals surface area contributed by atoms with Crippen LogP contribution in [0.3, 0.4) is 0 Å². The van der Waals surface area contributed by atoms with Gasteiger partial charge in [0.15, 0.2) is 0 Å². The van der Waals surface area contributed by atoms with E-state index in [1.807, 2.05) is 30.5 Å². The van der Waals surface area contributed by atoms with Crippen LogP contribution in [0.2, 0.25) is 0 Å². The summed E-state index contributed by atoms with van der Waals surface area (Å²) in [6.07, 6.45) is 3.72. The third-order valence-electron chi connectivity index (χ3n) is 2.80. The molecule has 0 saturated carbocycles. The molecule has 18 heavy (non-hydrogen) atoms. The Morgan fingerprint density at radius 2 is 1.94 bits per heavy atom. The fraction of sp³-hybridized carbons (Fsp3) is 0.154. The third-order valence-corrected chi connectivity index (χ3v) is 3.54. The number of rotatable bonds is 4. The molecule has 94 valence electrons. The van der Waals surface area contributed by atoms with Crippen LogP contribution in [-0.4, -0.2) is 11.2 Å². The minimum absolute atomic E-state index is 0.144. The Balaban J connectivity index is 2.36. The lowest BCUT2D eigenvalue weighted by Gasteiger charge is -2.18. The van der Waals surface area contributed by atoms with Crippen LogP contribution in [-0.2, 0) is 0 Å². The summed E-state index contributed by atoms with van der Waals surface area (Å²) in [7, 11) is 0. The minimum atomic E-state index is -0.144. The predicted octanol–water partition coefficient (Wildman–Crippen LogP) is 1.94. The van der Waals surface area contributed by atoms with Gasteiger partial charge in [-0.15, -0.1) is 11.8 Å². The lowest BCUT2D eigenvalue weighted by Crippen LogP contribution is -2.29. The van der Waals surface area contributed by atoms with E-state index in [4.69, 9.17) is 11.6 Å². The number of hydrogen-bond acceptors (Lipinski definition) is 5. The molecule has 0 aliphatic heterocycles. The van der Waals surface area contributed by atoms with Crippen molar-refractivity contribution in [3.8, 4) is 0 Å². The molecular formula is C13H16N4S. The summed E-state index contributed by atoms with van der Waals surface area (Å²) in [5, 5.41) is 0. The smallest absolute Gasteiger partial charge is 0.128 e. The summed E-state index contributed by atoms with van der Waals surface area (Å²) >= 11 is 1.71. The Labute approximate surface area is 111 Å². The molecular weight excluding hydrogens is 244 g/mol. The molecule has 0 aliphatic rings.